The monoisotopic (exact) mass is 474 g/mol. The number of thiol groups is 1. The zero-order valence-corrected chi connectivity index (χ0v) is 17.4. The molecule has 1 aliphatic heterocycles. The van der Waals surface area contributed by atoms with Gasteiger partial charge in [0.1, 0.15) is 11.5 Å². The predicted molar refractivity (Wildman–Crippen MR) is 104 cm³/mol. The number of nitrogens with zero attached hydrogens (tertiary/aromatic N) is 3. The molecule has 1 N–H and O–H groups in total. The van der Waals surface area contributed by atoms with Gasteiger partial charge in [0, 0.05) is 38.4 Å². The largest absolute Gasteiger partial charge is 0.573 e. The van der Waals surface area contributed by atoms with Gasteiger partial charge in [0.2, 0.25) is 10.9 Å². The first-order valence-corrected chi connectivity index (χ1v) is 10.2. The highest BCUT2D eigenvalue weighted by Gasteiger charge is 2.31. The molecule has 0 aliphatic carbocycles. The summed E-state index contributed by atoms with van der Waals surface area (Å²) in [6.07, 6.45) is -4.87. The molecule has 14 heteroatoms. The van der Waals surface area contributed by atoms with Crippen molar-refractivity contribution in [1.82, 2.24) is 19.5 Å². The number of hydrogen-bond donors (Lipinski definition) is 2. The minimum absolute atomic E-state index is 0.0495. The first-order chi connectivity index (χ1) is 15.0. The zero-order valence-electron chi connectivity index (χ0n) is 16.5. The molecule has 1 aliphatic rings. The number of pyridine rings is 1. The van der Waals surface area contributed by atoms with Crippen LogP contribution in [0.2, 0.25) is 0 Å². The highest BCUT2D eigenvalue weighted by atomic mass is 32.2. The average molecular weight is 474 g/mol. The minimum atomic E-state index is -4.95. The van der Waals surface area contributed by atoms with E-state index in [1.165, 1.54) is 17.0 Å². The Morgan fingerprint density at radius 2 is 1.97 bits per heavy atom. The van der Waals surface area contributed by atoms with Crippen molar-refractivity contribution in [2.45, 2.75) is 12.9 Å². The molecule has 0 bridgehead atoms. The molecule has 3 rings (SSSR count). The molecular weight excluding hydrogens is 457 g/mol. The molecule has 32 heavy (non-hydrogen) atoms. The summed E-state index contributed by atoms with van der Waals surface area (Å²) >= 11 is 0. The van der Waals surface area contributed by atoms with Gasteiger partial charge in [0.25, 0.3) is 0 Å². The SMILES string of the molecule is CN1CCN(Cc2ccc(-c3cc(OC(F)(F)F)ccc3OC(=O)N[SH](=O)=O)nc2)C1=O. The van der Waals surface area contributed by atoms with E-state index in [4.69, 9.17) is 4.74 Å². The summed E-state index contributed by atoms with van der Waals surface area (Å²) in [6.45, 7) is 1.42. The summed E-state index contributed by atoms with van der Waals surface area (Å²) < 4.78 is 69.3. The molecule has 172 valence electrons. The molecule has 0 unspecified atom stereocenters. The molecule has 0 saturated carbocycles. The lowest BCUT2D eigenvalue weighted by Gasteiger charge is -2.16. The topological polar surface area (TPSA) is 118 Å². The molecule has 2 heterocycles. The number of carbonyl (C=O) groups excluding carboxylic acids is 2. The van der Waals surface area contributed by atoms with E-state index in [-0.39, 0.29) is 29.6 Å². The van der Waals surface area contributed by atoms with Crippen molar-refractivity contribution in [2.75, 3.05) is 20.1 Å². The number of alkyl halides is 3. The first-order valence-electron chi connectivity index (χ1n) is 9.00. The van der Waals surface area contributed by atoms with Gasteiger partial charge in [-0.15, -0.1) is 13.2 Å². The number of halogens is 3. The van der Waals surface area contributed by atoms with E-state index in [9.17, 15) is 31.2 Å². The van der Waals surface area contributed by atoms with Crippen LogP contribution in [0.5, 0.6) is 11.5 Å². The first kappa shape index (κ1) is 23.1. The molecule has 0 spiro atoms. The Morgan fingerprint density at radius 3 is 2.53 bits per heavy atom. The van der Waals surface area contributed by atoms with Gasteiger partial charge < -0.3 is 19.3 Å². The fourth-order valence-corrected chi connectivity index (χ4v) is 3.14. The third-order valence-electron chi connectivity index (χ3n) is 4.35. The van der Waals surface area contributed by atoms with Crippen molar-refractivity contribution in [3.8, 4) is 22.8 Å². The zero-order chi connectivity index (χ0) is 23.5. The van der Waals surface area contributed by atoms with Crippen molar-refractivity contribution in [3.63, 3.8) is 0 Å². The number of likely N-dealkylation sites (N-methyl/N-ethyl adjacent to an activating group) is 1. The van der Waals surface area contributed by atoms with E-state index in [1.54, 1.807) is 22.9 Å². The Kier molecular flexibility index (Phi) is 6.72. The Morgan fingerprint density at radius 1 is 1.22 bits per heavy atom. The van der Waals surface area contributed by atoms with Gasteiger partial charge in [-0.25, -0.2) is 22.7 Å². The second-order valence-corrected chi connectivity index (χ2v) is 7.38. The second kappa shape index (κ2) is 9.30. The third kappa shape index (κ3) is 6.00. The molecule has 1 fully saturated rings. The van der Waals surface area contributed by atoms with Crippen LogP contribution in [-0.4, -0.2) is 61.8 Å². The van der Waals surface area contributed by atoms with Crippen LogP contribution in [0.15, 0.2) is 36.5 Å². The molecule has 1 saturated heterocycles. The number of rotatable bonds is 6. The van der Waals surface area contributed by atoms with E-state index < -0.39 is 29.1 Å². The van der Waals surface area contributed by atoms with Gasteiger partial charge in [0.15, 0.2) is 0 Å². The maximum atomic E-state index is 12.6. The van der Waals surface area contributed by atoms with E-state index in [1.807, 2.05) is 0 Å². The van der Waals surface area contributed by atoms with Crippen LogP contribution in [0.4, 0.5) is 22.8 Å². The summed E-state index contributed by atoms with van der Waals surface area (Å²) in [7, 11) is -1.61. The fourth-order valence-electron chi connectivity index (χ4n) is 2.94. The average Bonchev–Trinajstić information content (AvgIpc) is 3.00. The molecule has 2 aromatic rings. The van der Waals surface area contributed by atoms with Crippen LogP contribution in [0.1, 0.15) is 5.56 Å². The predicted octanol–water partition coefficient (Wildman–Crippen LogP) is 2.13. The fraction of sp³-hybridized carbons (Fsp3) is 0.278. The van der Waals surface area contributed by atoms with Crippen LogP contribution in [0.25, 0.3) is 11.3 Å². The van der Waals surface area contributed by atoms with Gasteiger partial charge in [-0.3, -0.25) is 4.98 Å². The molecule has 1 aromatic carbocycles. The molecular formula is C18H17F3N4O6S. The number of ether oxygens (including phenoxy) is 2. The van der Waals surface area contributed by atoms with Gasteiger partial charge in [-0.1, -0.05) is 6.07 Å². The maximum absolute atomic E-state index is 12.6. The Bertz CT molecular complexity index is 1080. The maximum Gasteiger partial charge on any atom is 0.573 e. The van der Waals surface area contributed by atoms with Gasteiger partial charge in [-0.05, 0) is 29.8 Å². The Labute approximate surface area is 181 Å². The molecule has 3 amide bonds. The lowest BCUT2D eigenvalue weighted by Crippen LogP contribution is -2.28. The standard InChI is InChI=1S/C18H17F3N4O6S/c1-24-6-7-25(17(24)27)10-11-2-4-14(22-9-11)13-8-12(31-18(19,20)21)3-5-15(13)30-16(26)23-32(28)29/h2-5,8-9,32H,6-7,10H2,1H3,(H,23,26,28,29). The van der Waals surface area contributed by atoms with E-state index in [0.717, 1.165) is 18.2 Å². The van der Waals surface area contributed by atoms with Crippen LogP contribution >= 0.6 is 0 Å². The van der Waals surface area contributed by atoms with Crippen LogP contribution in [-0.2, 0) is 17.4 Å². The highest BCUT2D eigenvalue weighted by Crippen LogP contribution is 2.34. The van der Waals surface area contributed by atoms with Crippen LogP contribution < -0.4 is 14.2 Å². The molecule has 0 radical (unpaired) electrons. The van der Waals surface area contributed by atoms with Gasteiger partial charge >= 0.3 is 18.5 Å². The van der Waals surface area contributed by atoms with Gasteiger partial charge in [0.05, 0.1) is 5.69 Å². The molecule has 10 nitrogen and oxygen atoms in total. The van der Waals surface area contributed by atoms with Crippen molar-refractivity contribution in [3.05, 3.63) is 42.1 Å². The quantitative estimate of drug-likeness (QED) is 0.616. The van der Waals surface area contributed by atoms with Crippen molar-refractivity contribution >= 4 is 23.0 Å². The number of nitrogens with one attached hydrogen (secondary N) is 1. The van der Waals surface area contributed by atoms with Crippen molar-refractivity contribution in [2.24, 2.45) is 0 Å². The smallest absolute Gasteiger partial charge is 0.409 e. The number of carbonyl (C=O) groups is 2. The Hall–Kier alpha value is -3.55. The number of aromatic nitrogens is 1. The second-order valence-electron chi connectivity index (χ2n) is 6.64. The highest BCUT2D eigenvalue weighted by molar-refractivity contribution is 7.70. The number of hydrogen-bond acceptors (Lipinski definition) is 7. The summed E-state index contributed by atoms with van der Waals surface area (Å²) in [5.41, 5.74) is 0.746. The van der Waals surface area contributed by atoms with Crippen molar-refractivity contribution in [1.29, 1.82) is 0 Å². The van der Waals surface area contributed by atoms with Crippen LogP contribution in [0, 0.1) is 0 Å². The summed E-state index contributed by atoms with van der Waals surface area (Å²) in [5.74, 6) is -0.836. The third-order valence-corrected chi connectivity index (χ3v) is 4.71. The lowest BCUT2D eigenvalue weighted by molar-refractivity contribution is -0.274. The molecule has 0 atom stereocenters. The van der Waals surface area contributed by atoms with E-state index >= 15 is 0 Å². The number of urea groups is 1. The summed E-state index contributed by atoms with van der Waals surface area (Å²) in [4.78, 5) is 31.0. The minimum Gasteiger partial charge on any atom is -0.409 e. The van der Waals surface area contributed by atoms with Gasteiger partial charge in [-0.2, -0.15) is 0 Å². The van der Waals surface area contributed by atoms with Crippen LogP contribution in [0.3, 0.4) is 0 Å². The Balaban J connectivity index is 1.88. The van der Waals surface area contributed by atoms with Crippen molar-refractivity contribution < 1.29 is 40.7 Å². The van der Waals surface area contributed by atoms with E-state index in [2.05, 4.69) is 9.72 Å². The number of benzene rings is 1. The summed E-state index contributed by atoms with van der Waals surface area (Å²) in [5, 5.41) is 0. The summed E-state index contributed by atoms with van der Waals surface area (Å²) in [6, 6.07) is 5.82. The normalized spacial score (nSPS) is 14.1. The molecule has 1 aromatic heterocycles. The van der Waals surface area contributed by atoms with E-state index in [0.29, 0.717) is 18.7 Å². The number of amides is 3. The lowest BCUT2D eigenvalue weighted by atomic mass is 10.1.